The fourth-order valence-corrected chi connectivity index (χ4v) is 2.68. The zero-order valence-electron chi connectivity index (χ0n) is 16.0. The van der Waals surface area contributed by atoms with Crippen molar-refractivity contribution in [3.05, 3.63) is 76.8 Å². The van der Waals surface area contributed by atoms with Crippen LogP contribution in [0.2, 0.25) is 0 Å². The Kier molecular flexibility index (Phi) is 5.79. The minimum absolute atomic E-state index is 0.0192. The molecule has 0 fully saturated rings. The molecule has 144 valence electrons. The van der Waals surface area contributed by atoms with Crippen molar-refractivity contribution in [1.82, 2.24) is 4.90 Å². The Hall–Kier alpha value is -3.54. The zero-order valence-corrected chi connectivity index (χ0v) is 16.0. The first-order chi connectivity index (χ1) is 13.5. The molecule has 0 aliphatic heterocycles. The van der Waals surface area contributed by atoms with Crippen LogP contribution in [0.25, 0.3) is 11.0 Å². The van der Waals surface area contributed by atoms with Gasteiger partial charge in [0.2, 0.25) is 0 Å². The molecule has 2 aromatic carbocycles. The number of hydrogen-bond donors (Lipinski definition) is 1. The van der Waals surface area contributed by atoms with Crippen LogP contribution < -0.4 is 10.4 Å². The molecule has 1 aromatic heterocycles. The molecule has 3 aromatic rings. The topological polar surface area (TPSA) is 75.3 Å². The lowest BCUT2D eigenvalue weighted by Crippen LogP contribution is -2.14. The standard InChI is InChI=1S/C22H22N2O4/c1-4-27-16-11-9-15(10-12-16)23-18(13-14-24(2)3)20-21(25)17-7-5-6-8-19(17)28-22(20)26/h5-14,25H,4H2,1-3H3/b14-13+,23-18?. The fraction of sp³-hybridized carbons (Fsp3) is 0.182. The number of aromatic hydroxyl groups is 1. The quantitative estimate of drug-likeness (QED) is 0.516. The monoisotopic (exact) mass is 378 g/mol. The van der Waals surface area contributed by atoms with E-state index in [1.165, 1.54) is 0 Å². The van der Waals surface area contributed by atoms with Gasteiger partial charge in [-0.1, -0.05) is 12.1 Å². The van der Waals surface area contributed by atoms with Crippen LogP contribution in [-0.4, -0.2) is 36.4 Å². The number of benzene rings is 2. The Morgan fingerprint density at radius 3 is 2.57 bits per heavy atom. The molecule has 6 heteroatoms. The van der Waals surface area contributed by atoms with Crippen LogP contribution in [0.15, 0.2) is 75.0 Å². The van der Waals surface area contributed by atoms with Gasteiger partial charge in [-0.2, -0.15) is 0 Å². The first kappa shape index (κ1) is 19.2. The van der Waals surface area contributed by atoms with Gasteiger partial charge in [0.15, 0.2) is 0 Å². The van der Waals surface area contributed by atoms with E-state index < -0.39 is 5.63 Å². The molecule has 0 saturated carbocycles. The van der Waals surface area contributed by atoms with E-state index in [0.29, 0.717) is 29.0 Å². The van der Waals surface area contributed by atoms with E-state index in [4.69, 9.17) is 9.15 Å². The second-order valence-corrected chi connectivity index (χ2v) is 6.31. The lowest BCUT2D eigenvalue weighted by molar-refractivity contribution is 0.340. The summed E-state index contributed by atoms with van der Waals surface area (Å²) in [4.78, 5) is 19.0. The molecule has 0 atom stereocenters. The van der Waals surface area contributed by atoms with Crippen LogP contribution in [0, 0.1) is 0 Å². The summed E-state index contributed by atoms with van der Waals surface area (Å²) >= 11 is 0. The van der Waals surface area contributed by atoms with Gasteiger partial charge in [-0.3, -0.25) is 0 Å². The lowest BCUT2D eigenvalue weighted by Gasteiger charge is -2.09. The summed E-state index contributed by atoms with van der Waals surface area (Å²) in [5.74, 6) is 0.583. The van der Waals surface area contributed by atoms with Crippen molar-refractivity contribution < 1.29 is 14.3 Å². The Morgan fingerprint density at radius 1 is 1.18 bits per heavy atom. The van der Waals surface area contributed by atoms with E-state index in [2.05, 4.69) is 4.99 Å². The Bertz CT molecular complexity index is 1080. The molecule has 28 heavy (non-hydrogen) atoms. The first-order valence-corrected chi connectivity index (χ1v) is 8.91. The summed E-state index contributed by atoms with van der Waals surface area (Å²) in [6.07, 6.45) is 3.42. The largest absolute Gasteiger partial charge is 0.506 e. The van der Waals surface area contributed by atoms with E-state index in [1.807, 2.05) is 25.9 Å². The van der Waals surface area contributed by atoms with Crippen molar-refractivity contribution in [2.45, 2.75) is 6.92 Å². The molecule has 6 nitrogen and oxygen atoms in total. The van der Waals surface area contributed by atoms with Crippen LogP contribution in [-0.2, 0) is 0 Å². The highest BCUT2D eigenvalue weighted by molar-refractivity contribution is 6.13. The van der Waals surface area contributed by atoms with Crippen molar-refractivity contribution in [2.75, 3.05) is 20.7 Å². The summed E-state index contributed by atoms with van der Waals surface area (Å²) in [6, 6.07) is 14.0. The molecule has 0 unspecified atom stereocenters. The lowest BCUT2D eigenvalue weighted by atomic mass is 10.1. The molecular weight excluding hydrogens is 356 g/mol. The highest BCUT2D eigenvalue weighted by atomic mass is 16.5. The van der Waals surface area contributed by atoms with Crippen LogP contribution >= 0.6 is 0 Å². The van der Waals surface area contributed by atoms with E-state index in [1.54, 1.807) is 60.8 Å². The van der Waals surface area contributed by atoms with E-state index in [-0.39, 0.29) is 11.3 Å². The van der Waals surface area contributed by atoms with Crippen molar-refractivity contribution in [3.63, 3.8) is 0 Å². The maximum atomic E-state index is 12.6. The number of fused-ring (bicyclic) bond motifs is 1. The van der Waals surface area contributed by atoms with Gasteiger partial charge in [0.05, 0.1) is 23.4 Å². The number of para-hydroxylation sites is 1. The Balaban J connectivity index is 2.15. The fourth-order valence-electron chi connectivity index (χ4n) is 2.68. The van der Waals surface area contributed by atoms with Gasteiger partial charge < -0.3 is 19.2 Å². The second-order valence-electron chi connectivity index (χ2n) is 6.31. The van der Waals surface area contributed by atoms with Gasteiger partial charge in [0.25, 0.3) is 0 Å². The van der Waals surface area contributed by atoms with Gasteiger partial charge in [0.1, 0.15) is 22.6 Å². The van der Waals surface area contributed by atoms with Crippen LogP contribution in [0.5, 0.6) is 11.5 Å². The van der Waals surface area contributed by atoms with Gasteiger partial charge in [-0.05, 0) is 49.4 Å². The molecule has 0 aliphatic carbocycles. The summed E-state index contributed by atoms with van der Waals surface area (Å²) in [7, 11) is 3.71. The number of allylic oxidation sites excluding steroid dienone is 1. The highest BCUT2D eigenvalue weighted by Gasteiger charge is 2.18. The van der Waals surface area contributed by atoms with Crippen LogP contribution in [0.3, 0.4) is 0 Å². The third kappa shape index (κ3) is 4.23. The molecule has 0 bridgehead atoms. The smallest absolute Gasteiger partial charge is 0.349 e. The normalized spacial score (nSPS) is 11.9. The second kappa shape index (κ2) is 8.43. The zero-order chi connectivity index (χ0) is 20.1. The molecule has 0 saturated heterocycles. The molecule has 1 N–H and O–H groups in total. The minimum atomic E-state index is -0.649. The van der Waals surface area contributed by atoms with Gasteiger partial charge >= 0.3 is 5.63 Å². The number of aliphatic imine (C=N–C) groups is 1. The third-order valence-corrected chi connectivity index (χ3v) is 3.97. The predicted molar refractivity (Wildman–Crippen MR) is 111 cm³/mol. The minimum Gasteiger partial charge on any atom is -0.506 e. The molecule has 0 amide bonds. The highest BCUT2D eigenvalue weighted by Crippen LogP contribution is 2.28. The molecule has 0 radical (unpaired) electrons. The molecule has 1 heterocycles. The summed E-state index contributed by atoms with van der Waals surface area (Å²) in [6.45, 7) is 2.49. The Labute approximate surface area is 163 Å². The summed E-state index contributed by atoms with van der Waals surface area (Å²) < 4.78 is 10.8. The van der Waals surface area contributed by atoms with Crippen LogP contribution in [0.1, 0.15) is 12.5 Å². The number of hydrogen-bond acceptors (Lipinski definition) is 6. The maximum absolute atomic E-state index is 12.6. The van der Waals surface area contributed by atoms with Crippen molar-refractivity contribution in [2.24, 2.45) is 4.99 Å². The van der Waals surface area contributed by atoms with Crippen molar-refractivity contribution in [3.8, 4) is 11.5 Å². The summed E-state index contributed by atoms with van der Waals surface area (Å²) in [5, 5.41) is 11.2. The molecule has 0 aliphatic rings. The summed E-state index contributed by atoms with van der Waals surface area (Å²) in [5.41, 5.74) is 0.615. The predicted octanol–water partition coefficient (Wildman–Crippen LogP) is 4.09. The van der Waals surface area contributed by atoms with Crippen molar-refractivity contribution in [1.29, 1.82) is 0 Å². The average Bonchev–Trinajstić information content (AvgIpc) is 2.67. The van der Waals surface area contributed by atoms with Crippen LogP contribution in [0.4, 0.5) is 5.69 Å². The number of nitrogens with zero attached hydrogens (tertiary/aromatic N) is 2. The van der Waals surface area contributed by atoms with E-state index >= 15 is 0 Å². The van der Waals surface area contributed by atoms with Gasteiger partial charge in [-0.25, -0.2) is 9.79 Å². The SMILES string of the molecule is CCOc1ccc(N=C(/C=C/N(C)C)c2c(O)c3ccccc3oc2=O)cc1. The number of ether oxygens (including phenoxy) is 1. The van der Waals surface area contributed by atoms with Gasteiger partial charge in [0, 0.05) is 20.3 Å². The molecular formula is C22H22N2O4. The Morgan fingerprint density at radius 2 is 1.89 bits per heavy atom. The van der Waals surface area contributed by atoms with Crippen molar-refractivity contribution >= 4 is 22.4 Å². The van der Waals surface area contributed by atoms with Gasteiger partial charge in [-0.15, -0.1) is 0 Å². The number of rotatable bonds is 6. The average molecular weight is 378 g/mol. The van der Waals surface area contributed by atoms with E-state index in [9.17, 15) is 9.90 Å². The van der Waals surface area contributed by atoms with E-state index in [0.717, 1.165) is 5.75 Å². The molecule has 3 rings (SSSR count). The third-order valence-electron chi connectivity index (χ3n) is 3.97. The molecule has 0 spiro atoms. The maximum Gasteiger partial charge on any atom is 0.349 e. The first-order valence-electron chi connectivity index (χ1n) is 8.91.